The largest absolute Gasteiger partial charge is 0.369 e. The first-order chi connectivity index (χ1) is 13.8. The number of H-pyrrole nitrogens is 1. The topological polar surface area (TPSA) is 87.2 Å². The quantitative estimate of drug-likeness (QED) is 0.855. The lowest BCUT2D eigenvalue weighted by molar-refractivity contribution is -0.00702. The summed E-state index contributed by atoms with van der Waals surface area (Å²) in [4.78, 5) is 26.5. The molecule has 0 aromatic carbocycles. The van der Waals surface area contributed by atoms with Crippen molar-refractivity contribution in [2.24, 2.45) is 0 Å². The van der Waals surface area contributed by atoms with Gasteiger partial charge in [0, 0.05) is 55.8 Å². The molecule has 156 valence electrons. The Morgan fingerprint density at radius 2 is 1.93 bits per heavy atom. The van der Waals surface area contributed by atoms with Crippen LogP contribution in [0.1, 0.15) is 73.0 Å². The van der Waals surface area contributed by atoms with Crippen molar-refractivity contribution in [3.63, 3.8) is 0 Å². The Balaban J connectivity index is 1.46. The van der Waals surface area contributed by atoms with Crippen molar-refractivity contribution >= 4 is 11.7 Å². The lowest BCUT2D eigenvalue weighted by Gasteiger charge is -2.35. The molecule has 1 amide bonds. The van der Waals surface area contributed by atoms with Crippen molar-refractivity contribution in [2.45, 2.75) is 59.2 Å². The van der Waals surface area contributed by atoms with E-state index in [0.717, 1.165) is 48.1 Å². The number of ether oxygens (including phenoxy) is 1. The average Bonchev–Trinajstić information content (AvgIpc) is 3.11. The molecule has 0 spiro atoms. The van der Waals surface area contributed by atoms with Gasteiger partial charge in [0.1, 0.15) is 11.6 Å². The van der Waals surface area contributed by atoms with Crippen LogP contribution in [0, 0.1) is 6.92 Å². The van der Waals surface area contributed by atoms with Gasteiger partial charge in [-0.2, -0.15) is 5.10 Å². The zero-order valence-electron chi connectivity index (χ0n) is 17.9. The van der Waals surface area contributed by atoms with Gasteiger partial charge >= 0.3 is 0 Å². The second-order valence-electron chi connectivity index (χ2n) is 8.42. The number of carbonyl (C=O) groups excluding carboxylic acids is 1. The molecule has 8 nitrogen and oxygen atoms in total. The third-order valence-corrected chi connectivity index (χ3v) is 5.70. The van der Waals surface area contributed by atoms with Crippen molar-refractivity contribution in [2.75, 3.05) is 31.1 Å². The Kier molecular flexibility index (Phi) is 5.29. The highest BCUT2D eigenvalue weighted by molar-refractivity contribution is 5.94. The molecular formula is C21H30N6O2. The number of piperazine rings is 1. The van der Waals surface area contributed by atoms with E-state index < -0.39 is 0 Å². The maximum atomic E-state index is 13.1. The second kappa shape index (κ2) is 7.74. The van der Waals surface area contributed by atoms with Gasteiger partial charge in [-0.1, -0.05) is 13.8 Å². The van der Waals surface area contributed by atoms with Crippen LogP contribution in [0.2, 0.25) is 0 Å². The molecule has 2 aliphatic rings. The van der Waals surface area contributed by atoms with E-state index in [9.17, 15) is 4.79 Å². The maximum Gasteiger partial charge on any atom is 0.274 e. The summed E-state index contributed by atoms with van der Waals surface area (Å²) in [5.74, 6) is 2.11. The van der Waals surface area contributed by atoms with Crippen molar-refractivity contribution < 1.29 is 9.53 Å². The zero-order chi connectivity index (χ0) is 20.7. The molecule has 4 rings (SSSR count). The molecule has 0 aliphatic carbocycles. The second-order valence-corrected chi connectivity index (χ2v) is 8.42. The summed E-state index contributed by atoms with van der Waals surface area (Å²) in [6.45, 7) is 13.1. The fourth-order valence-corrected chi connectivity index (χ4v) is 4.13. The Labute approximate surface area is 171 Å². The third kappa shape index (κ3) is 3.85. The number of aryl methyl sites for hydroxylation is 1. The summed E-state index contributed by atoms with van der Waals surface area (Å²) >= 11 is 0. The fourth-order valence-electron chi connectivity index (χ4n) is 4.13. The molecule has 0 bridgehead atoms. The number of aromatic amines is 1. The first kappa shape index (κ1) is 19.8. The molecular weight excluding hydrogens is 368 g/mol. The Morgan fingerprint density at radius 1 is 1.21 bits per heavy atom. The summed E-state index contributed by atoms with van der Waals surface area (Å²) in [6.07, 6.45) is 0.750. The molecule has 1 saturated heterocycles. The molecule has 0 unspecified atom stereocenters. The minimum atomic E-state index is -0.0594. The van der Waals surface area contributed by atoms with Gasteiger partial charge in [0.15, 0.2) is 5.69 Å². The Hall–Kier alpha value is -2.48. The highest BCUT2D eigenvalue weighted by Gasteiger charge is 2.32. The summed E-state index contributed by atoms with van der Waals surface area (Å²) in [7, 11) is 0. The van der Waals surface area contributed by atoms with Crippen molar-refractivity contribution in [3.05, 3.63) is 34.5 Å². The highest BCUT2D eigenvalue weighted by atomic mass is 16.5. The molecule has 2 aliphatic heterocycles. The number of hydrogen-bond donors (Lipinski definition) is 1. The Morgan fingerprint density at radius 3 is 2.62 bits per heavy atom. The smallest absolute Gasteiger partial charge is 0.274 e. The van der Waals surface area contributed by atoms with Crippen LogP contribution in [0.5, 0.6) is 0 Å². The fraction of sp³-hybridized carbons (Fsp3) is 0.619. The van der Waals surface area contributed by atoms with Crippen molar-refractivity contribution in [1.82, 2.24) is 25.1 Å². The molecule has 2 aromatic heterocycles. The van der Waals surface area contributed by atoms with Crippen LogP contribution in [-0.2, 0) is 11.2 Å². The molecule has 0 saturated carbocycles. The van der Waals surface area contributed by atoms with Crippen LogP contribution in [0.15, 0.2) is 6.07 Å². The van der Waals surface area contributed by atoms with E-state index in [1.165, 1.54) is 0 Å². The van der Waals surface area contributed by atoms with Crippen LogP contribution >= 0.6 is 0 Å². The number of anilines is 1. The number of hydrogen-bond acceptors (Lipinski definition) is 6. The minimum Gasteiger partial charge on any atom is -0.369 e. The number of fused-ring (bicyclic) bond motifs is 1. The lowest BCUT2D eigenvalue weighted by atomic mass is 9.99. The van der Waals surface area contributed by atoms with Crippen LogP contribution in [0.25, 0.3) is 0 Å². The van der Waals surface area contributed by atoms with Gasteiger partial charge in [0.2, 0.25) is 0 Å². The molecule has 2 atom stereocenters. The maximum absolute atomic E-state index is 13.1. The molecule has 29 heavy (non-hydrogen) atoms. The van der Waals surface area contributed by atoms with E-state index in [1.807, 2.05) is 31.7 Å². The first-order valence-corrected chi connectivity index (χ1v) is 10.5. The van der Waals surface area contributed by atoms with Crippen LogP contribution in [0.3, 0.4) is 0 Å². The number of carbonyl (C=O) groups is 1. The standard InChI is InChI=1S/C21H30N6O2/c1-12(2)20-22-13(3)10-17(23-20)26-6-8-27(9-7-26)21(28)19-16-11-14(4)29-15(5)18(16)24-25-19/h10,12,14-15H,6-9,11H2,1-5H3,(H,24,25)/t14-,15+/m0/s1. The van der Waals surface area contributed by atoms with E-state index >= 15 is 0 Å². The van der Waals surface area contributed by atoms with Gasteiger partial charge in [-0.05, 0) is 20.8 Å². The van der Waals surface area contributed by atoms with Crippen LogP contribution in [-0.4, -0.2) is 63.3 Å². The highest BCUT2D eigenvalue weighted by Crippen LogP contribution is 2.30. The van der Waals surface area contributed by atoms with E-state index in [2.05, 4.69) is 33.9 Å². The number of aromatic nitrogens is 4. The van der Waals surface area contributed by atoms with Gasteiger partial charge in [-0.3, -0.25) is 9.89 Å². The lowest BCUT2D eigenvalue weighted by Crippen LogP contribution is -2.49. The monoisotopic (exact) mass is 398 g/mol. The summed E-state index contributed by atoms with van der Waals surface area (Å²) in [6, 6.07) is 2.02. The zero-order valence-corrected chi connectivity index (χ0v) is 17.9. The minimum absolute atomic E-state index is 0.00480. The van der Waals surface area contributed by atoms with Crippen LogP contribution < -0.4 is 4.90 Å². The Bertz CT molecular complexity index is 901. The van der Waals surface area contributed by atoms with Gasteiger partial charge < -0.3 is 14.5 Å². The molecule has 2 aromatic rings. The van der Waals surface area contributed by atoms with Crippen molar-refractivity contribution in [1.29, 1.82) is 0 Å². The molecule has 0 radical (unpaired) electrons. The van der Waals surface area contributed by atoms with Crippen LogP contribution in [0.4, 0.5) is 5.82 Å². The number of nitrogens with one attached hydrogen (secondary N) is 1. The number of amides is 1. The van der Waals surface area contributed by atoms with E-state index in [4.69, 9.17) is 9.72 Å². The predicted octanol–water partition coefficient (Wildman–Crippen LogP) is 2.62. The van der Waals surface area contributed by atoms with Gasteiger partial charge in [0.25, 0.3) is 5.91 Å². The molecule has 1 fully saturated rings. The summed E-state index contributed by atoms with van der Waals surface area (Å²) < 4.78 is 5.84. The number of nitrogens with zero attached hydrogens (tertiary/aromatic N) is 5. The van der Waals surface area contributed by atoms with E-state index in [1.54, 1.807) is 0 Å². The van der Waals surface area contributed by atoms with Gasteiger partial charge in [0.05, 0.1) is 17.9 Å². The van der Waals surface area contributed by atoms with E-state index in [0.29, 0.717) is 18.8 Å². The van der Waals surface area contributed by atoms with Gasteiger partial charge in [-0.15, -0.1) is 0 Å². The van der Waals surface area contributed by atoms with E-state index in [-0.39, 0.29) is 24.0 Å². The molecule has 4 heterocycles. The third-order valence-electron chi connectivity index (χ3n) is 5.70. The summed E-state index contributed by atoms with van der Waals surface area (Å²) in [5, 5.41) is 7.37. The molecule has 8 heteroatoms. The SMILES string of the molecule is Cc1cc(N2CCN(C(=O)c3n[nH]c4c3C[C@H](C)O[C@@H]4C)CC2)nc(C(C)C)n1. The predicted molar refractivity (Wildman–Crippen MR) is 110 cm³/mol. The van der Waals surface area contributed by atoms with Crippen molar-refractivity contribution in [3.8, 4) is 0 Å². The van der Waals surface area contributed by atoms with Gasteiger partial charge in [-0.25, -0.2) is 9.97 Å². The number of rotatable bonds is 3. The normalized spacial score (nSPS) is 22.1. The molecule has 1 N–H and O–H groups in total. The first-order valence-electron chi connectivity index (χ1n) is 10.5. The average molecular weight is 399 g/mol. The summed E-state index contributed by atoms with van der Waals surface area (Å²) in [5.41, 5.74) is 3.47.